The first kappa shape index (κ1) is 11.7. The van der Waals surface area contributed by atoms with Crippen LogP contribution < -0.4 is 0 Å². The fourth-order valence-electron chi connectivity index (χ4n) is 2.13. The zero-order valence-corrected chi connectivity index (χ0v) is 10.3. The van der Waals surface area contributed by atoms with Crippen LogP contribution in [0, 0.1) is 0 Å². The van der Waals surface area contributed by atoms with Crippen molar-refractivity contribution in [3.8, 4) is 0 Å². The molecule has 1 heterocycles. The summed E-state index contributed by atoms with van der Waals surface area (Å²) >= 11 is 0. The van der Waals surface area contributed by atoms with Gasteiger partial charge in [-0.15, -0.1) is 0 Å². The molecule has 1 amide bonds. The highest BCUT2D eigenvalue weighted by Gasteiger charge is 2.44. The summed E-state index contributed by atoms with van der Waals surface area (Å²) in [7, 11) is 0. The van der Waals surface area contributed by atoms with Gasteiger partial charge in [-0.3, -0.25) is 9.59 Å². The van der Waals surface area contributed by atoms with Crippen molar-refractivity contribution < 1.29 is 9.59 Å². The standard InChI is InChI=1S/C16H13NO2/c18-15(12-7-3-1-4-8-12)14-11-17(14)16(19)13-9-5-2-6-10-13/h1-10,14H,11H2. The van der Waals surface area contributed by atoms with E-state index in [-0.39, 0.29) is 17.7 Å². The summed E-state index contributed by atoms with van der Waals surface area (Å²) in [6.45, 7) is 0.515. The Bertz CT molecular complexity index is 552. The number of nitrogens with zero attached hydrogens (tertiary/aromatic N) is 1. The Labute approximate surface area is 111 Å². The number of benzene rings is 2. The van der Waals surface area contributed by atoms with Gasteiger partial charge in [0.2, 0.25) is 0 Å². The van der Waals surface area contributed by atoms with Gasteiger partial charge >= 0.3 is 0 Å². The van der Waals surface area contributed by atoms with Crippen LogP contribution in [0.3, 0.4) is 0 Å². The predicted molar refractivity (Wildman–Crippen MR) is 72.0 cm³/mol. The number of hydrogen-bond acceptors (Lipinski definition) is 2. The van der Waals surface area contributed by atoms with Crippen LogP contribution in [-0.4, -0.2) is 29.2 Å². The van der Waals surface area contributed by atoms with E-state index in [4.69, 9.17) is 0 Å². The third kappa shape index (κ3) is 2.27. The molecule has 0 saturated carbocycles. The van der Waals surface area contributed by atoms with E-state index in [1.165, 1.54) is 0 Å². The maximum absolute atomic E-state index is 12.2. The van der Waals surface area contributed by atoms with Gasteiger partial charge in [-0.05, 0) is 12.1 Å². The number of hydrogen-bond donors (Lipinski definition) is 0. The highest BCUT2D eigenvalue weighted by molar-refractivity contribution is 6.07. The summed E-state index contributed by atoms with van der Waals surface area (Å²) in [5, 5.41) is 0. The van der Waals surface area contributed by atoms with Gasteiger partial charge < -0.3 is 4.90 Å². The first-order chi connectivity index (χ1) is 9.27. The third-order valence-electron chi connectivity index (χ3n) is 3.25. The number of carbonyl (C=O) groups is 2. The van der Waals surface area contributed by atoms with Crippen molar-refractivity contribution in [2.24, 2.45) is 0 Å². The van der Waals surface area contributed by atoms with Crippen LogP contribution in [0.1, 0.15) is 20.7 Å². The molecule has 2 aromatic carbocycles. The second-order valence-corrected chi connectivity index (χ2v) is 4.57. The molecule has 1 atom stereocenters. The molecular weight excluding hydrogens is 238 g/mol. The minimum atomic E-state index is -0.296. The second kappa shape index (κ2) is 4.69. The van der Waals surface area contributed by atoms with Gasteiger partial charge in [-0.2, -0.15) is 0 Å². The highest BCUT2D eigenvalue weighted by Crippen LogP contribution is 2.24. The fraction of sp³-hybridized carbons (Fsp3) is 0.125. The minimum Gasteiger partial charge on any atom is -0.324 e. The molecule has 1 fully saturated rings. The van der Waals surface area contributed by atoms with Crippen molar-refractivity contribution >= 4 is 11.7 Å². The van der Waals surface area contributed by atoms with Gasteiger partial charge in [0, 0.05) is 17.7 Å². The number of amides is 1. The van der Waals surface area contributed by atoms with E-state index >= 15 is 0 Å². The van der Waals surface area contributed by atoms with Gasteiger partial charge in [0.05, 0.1) is 0 Å². The zero-order chi connectivity index (χ0) is 13.2. The summed E-state index contributed by atoms with van der Waals surface area (Å²) < 4.78 is 0. The smallest absolute Gasteiger partial charge is 0.254 e. The molecule has 3 nitrogen and oxygen atoms in total. The average Bonchev–Trinajstić information content (AvgIpc) is 3.28. The average molecular weight is 251 g/mol. The Morgan fingerprint density at radius 1 is 0.842 bits per heavy atom. The van der Waals surface area contributed by atoms with Gasteiger partial charge in [-0.1, -0.05) is 48.5 Å². The van der Waals surface area contributed by atoms with E-state index in [1.807, 2.05) is 36.4 Å². The summed E-state index contributed by atoms with van der Waals surface area (Å²) in [6.07, 6.45) is 0. The lowest BCUT2D eigenvalue weighted by atomic mass is 10.1. The Hall–Kier alpha value is -2.42. The lowest BCUT2D eigenvalue weighted by Crippen LogP contribution is -2.19. The maximum Gasteiger partial charge on any atom is 0.254 e. The van der Waals surface area contributed by atoms with E-state index in [1.54, 1.807) is 29.2 Å². The number of ketones is 1. The number of carbonyl (C=O) groups excluding carboxylic acids is 2. The van der Waals surface area contributed by atoms with E-state index in [0.717, 1.165) is 0 Å². The molecule has 3 heteroatoms. The van der Waals surface area contributed by atoms with Crippen LogP contribution in [0.25, 0.3) is 0 Å². The van der Waals surface area contributed by atoms with Crippen molar-refractivity contribution in [1.29, 1.82) is 0 Å². The van der Waals surface area contributed by atoms with Gasteiger partial charge in [0.15, 0.2) is 5.78 Å². The van der Waals surface area contributed by atoms with E-state index in [9.17, 15) is 9.59 Å². The van der Waals surface area contributed by atoms with E-state index < -0.39 is 0 Å². The van der Waals surface area contributed by atoms with Crippen LogP contribution in [0.4, 0.5) is 0 Å². The van der Waals surface area contributed by atoms with Crippen LogP contribution in [-0.2, 0) is 0 Å². The summed E-state index contributed by atoms with van der Waals surface area (Å²) in [5.41, 5.74) is 1.29. The summed E-state index contributed by atoms with van der Waals surface area (Å²) in [6, 6.07) is 17.9. The first-order valence-electron chi connectivity index (χ1n) is 6.22. The molecule has 0 radical (unpaired) electrons. The molecule has 0 N–H and O–H groups in total. The van der Waals surface area contributed by atoms with Crippen molar-refractivity contribution in [2.75, 3.05) is 6.54 Å². The molecular formula is C16H13NO2. The largest absolute Gasteiger partial charge is 0.324 e. The second-order valence-electron chi connectivity index (χ2n) is 4.57. The molecule has 1 saturated heterocycles. The van der Waals surface area contributed by atoms with Crippen molar-refractivity contribution in [2.45, 2.75) is 6.04 Å². The minimum absolute atomic E-state index is 0.0184. The van der Waals surface area contributed by atoms with Gasteiger partial charge in [0.25, 0.3) is 5.91 Å². The zero-order valence-electron chi connectivity index (χ0n) is 10.3. The molecule has 19 heavy (non-hydrogen) atoms. The third-order valence-corrected chi connectivity index (χ3v) is 3.25. The Balaban J connectivity index is 1.72. The molecule has 2 aromatic rings. The predicted octanol–water partition coefficient (Wildman–Crippen LogP) is 2.39. The van der Waals surface area contributed by atoms with Crippen molar-refractivity contribution in [3.05, 3.63) is 71.8 Å². The highest BCUT2D eigenvalue weighted by atomic mass is 16.2. The fourth-order valence-corrected chi connectivity index (χ4v) is 2.13. The molecule has 3 rings (SSSR count). The lowest BCUT2D eigenvalue weighted by molar-refractivity contribution is 0.0839. The normalized spacial score (nSPS) is 17.1. The lowest BCUT2D eigenvalue weighted by Gasteiger charge is -2.04. The van der Waals surface area contributed by atoms with Crippen LogP contribution in [0.5, 0.6) is 0 Å². The molecule has 1 unspecified atom stereocenters. The summed E-state index contributed by atoms with van der Waals surface area (Å²) in [4.78, 5) is 25.9. The maximum atomic E-state index is 12.2. The van der Waals surface area contributed by atoms with Crippen LogP contribution in [0.15, 0.2) is 60.7 Å². The van der Waals surface area contributed by atoms with Crippen molar-refractivity contribution in [3.63, 3.8) is 0 Å². The Morgan fingerprint density at radius 2 is 1.37 bits per heavy atom. The first-order valence-corrected chi connectivity index (χ1v) is 6.22. The molecule has 94 valence electrons. The number of rotatable bonds is 3. The molecule has 0 aliphatic carbocycles. The molecule has 0 bridgehead atoms. The van der Waals surface area contributed by atoms with Crippen LogP contribution >= 0.6 is 0 Å². The quantitative estimate of drug-likeness (QED) is 0.620. The SMILES string of the molecule is O=C(c1ccccc1)C1CN1C(=O)c1ccccc1. The van der Waals surface area contributed by atoms with E-state index in [2.05, 4.69) is 0 Å². The van der Waals surface area contributed by atoms with Gasteiger partial charge in [-0.25, -0.2) is 0 Å². The number of Topliss-reactive ketones (excluding diaryl/α,β-unsaturated/α-hetero) is 1. The topological polar surface area (TPSA) is 37.1 Å². The molecule has 0 spiro atoms. The molecule has 1 aliphatic heterocycles. The Kier molecular flexibility index (Phi) is 2.88. The Morgan fingerprint density at radius 3 is 1.95 bits per heavy atom. The van der Waals surface area contributed by atoms with Gasteiger partial charge in [0.1, 0.15) is 6.04 Å². The monoisotopic (exact) mass is 251 g/mol. The molecule has 0 aromatic heterocycles. The van der Waals surface area contributed by atoms with Crippen molar-refractivity contribution in [1.82, 2.24) is 4.90 Å². The summed E-state index contributed by atoms with van der Waals surface area (Å²) in [5.74, 6) is -0.0558. The molecule has 1 aliphatic rings. The van der Waals surface area contributed by atoms with Crippen LogP contribution in [0.2, 0.25) is 0 Å². The van der Waals surface area contributed by atoms with E-state index in [0.29, 0.717) is 17.7 Å².